The maximum absolute atomic E-state index is 13.4. The topological polar surface area (TPSA) is 93.8 Å². The Morgan fingerprint density at radius 3 is 2.35 bits per heavy atom. The van der Waals surface area contributed by atoms with Crippen LogP contribution < -0.4 is 10.6 Å². The maximum Gasteiger partial charge on any atom is 0.267 e. The Hall–Kier alpha value is -5.24. The highest BCUT2D eigenvalue weighted by atomic mass is 16.2. The molecule has 0 aliphatic heterocycles. The third-order valence-corrected chi connectivity index (χ3v) is 6.35. The molecule has 2 aromatic heterocycles. The van der Waals surface area contributed by atoms with E-state index in [1.54, 1.807) is 47.5 Å². The summed E-state index contributed by atoms with van der Waals surface area (Å²) in [6, 6.07) is 26.6. The van der Waals surface area contributed by atoms with Gasteiger partial charge < -0.3 is 15.2 Å². The van der Waals surface area contributed by atoms with E-state index in [0.717, 1.165) is 23.4 Å². The first kappa shape index (κ1) is 26.4. The summed E-state index contributed by atoms with van der Waals surface area (Å²) in [5, 5.41) is 10.6. The molecule has 40 heavy (non-hydrogen) atoms. The van der Waals surface area contributed by atoms with Crippen LogP contribution >= 0.6 is 0 Å². The number of para-hydroxylation sites is 1. The number of amides is 2. The van der Waals surface area contributed by atoms with Crippen LogP contribution in [0.1, 0.15) is 27.9 Å². The monoisotopic (exact) mass is 530 g/mol. The lowest BCUT2D eigenvalue weighted by Gasteiger charge is -2.11. The molecule has 0 spiro atoms. The predicted molar refractivity (Wildman–Crippen MR) is 155 cm³/mol. The minimum atomic E-state index is -0.378. The zero-order chi connectivity index (χ0) is 27.7. The number of hydrogen-bond acceptors (Lipinski definition) is 4. The molecule has 5 rings (SSSR count). The van der Waals surface area contributed by atoms with Crippen molar-refractivity contribution in [1.82, 2.24) is 30.0 Å². The Balaban J connectivity index is 1.48. The van der Waals surface area contributed by atoms with Crippen molar-refractivity contribution in [2.45, 2.75) is 19.9 Å². The summed E-state index contributed by atoms with van der Waals surface area (Å²) in [4.78, 5) is 30.5. The van der Waals surface area contributed by atoms with Gasteiger partial charge in [0.1, 0.15) is 11.4 Å². The van der Waals surface area contributed by atoms with Gasteiger partial charge in [-0.05, 0) is 43.7 Å². The molecule has 8 nitrogen and oxygen atoms in total. The summed E-state index contributed by atoms with van der Waals surface area (Å²) < 4.78 is 3.73. The van der Waals surface area contributed by atoms with E-state index in [-0.39, 0.29) is 17.5 Å². The second kappa shape index (κ2) is 12.5. The molecule has 0 aliphatic carbocycles. The van der Waals surface area contributed by atoms with Crippen LogP contribution in [0.3, 0.4) is 0 Å². The third-order valence-electron chi connectivity index (χ3n) is 6.35. The molecule has 3 aromatic carbocycles. The number of nitrogens with zero attached hydrogens (tertiary/aromatic N) is 4. The molecule has 0 bridgehead atoms. The zero-order valence-corrected chi connectivity index (χ0v) is 22.2. The number of aryl methyl sites for hydroxylation is 2. The van der Waals surface area contributed by atoms with Crippen molar-refractivity contribution >= 4 is 17.9 Å². The first-order valence-electron chi connectivity index (χ1n) is 13.1. The number of nitrogens with one attached hydrogen (secondary N) is 2. The average Bonchev–Trinajstić information content (AvgIpc) is 3.67. The minimum Gasteiger partial charge on any atom is -0.351 e. The van der Waals surface area contributed by atoms with Crippen LogP contribution in [-0.2, 0) is 11.3 Å². The van der Waals surface area contributed by atoms with Crippen molar-refractivity contribution in [2.24, 2.45) is 0 Å². The minimum absolute atomic E-state index is 0.137. The highest BCUT2D eigenvalue weighted by Crippen LogP contribution is 2.26. The quantitative estimate of drug-likeness (QED) is 0.196. The summed E-state index contributed by atoms with van der Waals surface area (Å²) in [6.45, 7) is 3.18. The van der Waals surface area contributed by atoms with E-state index in [9.17, 15) is 9.59 Å². The fraction of sp³-hybridized carbons (Fsp3) is 0.125. The number of imidazole rings is 1. The van der Waals surface area contributed by atoms with Gasteiger partial charge in [-0.25, -0.2) is 9.67 Å². The largest absolute Gasteiger partial charge is 0.351 e. The number of carbonyl (C=O) groups excluding carboxylic acids is 2. The standard InChI is InChI=1S/C32H30N6O2/c1-24-13-15-25(16-14-24)30-27(22-38(36-30)28-11-6-3-7-12-28)21-29(35-31(39)26-9-4-2-5-10-26)32(40)34-17-8-19-37-20-18-33-23-37/h2-7,9-16,18,20-23H,8,17,19H2,1H3,(H,34,40)(H,35,39)/b29-21+. The van der Waals surface area contributed by atoms with E-state index >= 15 is 0 Å². The van der Waals surface area contributed by atoms with E-state index in [0.29, 0.717) is 29.8 Å². The Labute approximate surface area is 233 Å². The van der Waals surface area contributed by atoms with Crippen molar-refractivity contribution in [2.75, 3.05) is 6.54 Å². The predicted octanol–water partition coefficient (Wildman–Crippen LogP) is 5.02. The van der Waals surface area contributed by atoms with Crippen LogP contribution in [0.15, 0.2) is 116 Å². The Kier molecular flexibility index (Phi) is 8.26. The van der Waals surface area contributed by atoms with Gasteiger partial charge in [-0.2, -0.15) is 5.10 Å². The van der Waals surface area contributed by atoms with Gasteiger partial charge in [0.25, 0.3) is 11.8 Å². The van der Waals surface area contributed by atoms with E-state index in [1.165, 1.54) is 0 Å². The average molecular weight is 531 g/mol. The van der Waals surface area contributed by atoms with Gasteiger partial charge >= 0.3 is 0 Å². The summed E-state index contributed by atoms with van der Waals surface area (Å²) in [6.07, 6.45) is 9.61. The van der Waals surface area contributed by atoms with Crippen LogP contribution in [0.2, 0.25) is 0 Å². The van der Waals surface area contributed by atoms with Crippen LogP contribution in [0.4, 0.5) is 0 Å². The number of rotatable bonds is 10. The summed E-state index contributed by atoms with van der Waals surface area (Å²) in [5.41, 5.74) is 4.91. The van der Waals surface area contributed by atoms with E-state index in [2.05, 4.69) is 15.6 Å². The summed E-state index contributed by atoms with van der Waals surface area (Å²) in [5.74, 6) is -0.745. The zero-order valence-electron chi connectivity index (χ0n) is 22.2. The van der Waals surface area contributed by atoms with Crippen molar-refractivity contribution in [3.05, 3.63) is 132 Å². The fourth-order valence-electron chi connectivity index (χ4n) is 4.22. The number of aromatic nitrogens is 4. The molecule has 2 amide bonds. The molecular weight excluding hydrogens is 500 g/mol. The number of benzene rings is 3. The van der Waals surface area contributed by atoms with E-state index < -0.39 is 0 Å². The smallest absolute Gasteiger partial charge is 0.267 e. The molecule has 0 fully saturated rings. The van der Waals surface area contributed by atoms with Gasteiger partial charge in [0.2, 0.25) is 0 Å². The van der Waals surface area contributed by atoms with Crippen molar-refractivity contribution < 1.29 is 9.59 Å². The van der Waals surface area contributed by atoms with Gasteiger partial charge in [0.05, 0.1) is 12.0 Å². The van der Waals surface area contributed by atoms with Gasteiger partial charge in [-0.3, -0.25) is 9.59 Å². The summed E-state index contributed by atoms with van der Waals surface area (Å²) in [7, 11) is 0. The van der Waals surface area contributed by atoms with Crippen LogP contribution in [0.25, 0.3) is 23.0 Å². The molecule has 0 unspecified atom stereocenters. The van der Waals surface area contributed by atoms with Crippen LogP contribution in [-0.4, -0.2) is 37.7 Å². The van der Waals surface area contributed by atoms with E-state index in [1.807, 2.05) is 84.5 Å². The molecule has 2 N–H and O–H groups in total. The fourth-order valence-corrected chi connectivity index (χ4v) is 4.22. The molecule has 2 heterocycles. The normalized spacial score (nSPS) is 11.3. The molecule has 0 saturated heterocycles. The van der Waals surface area contributed by atoms with Crippen molar-refractivity contribution in [1.29, 1.82) is 0 Å². The number of carbonyl (C=O) groups is 2. The van der Waals surface area contributed by atoms with Crippen molar-refractivity contribution in [3.8, 4) is 16.9 Å². The lowest BCUT2D eigenvalue weighted by atomic mass is 10.1. The van der Waals surface area contributed by atoms with Gasteiger partial charge in [0.15, 0.2) is 0 Å². The van der Waals surface area contributed by atoms with Gasteiger partial charge in [-0.1, -0.05) is 66.2 Å². The molecule has 0 radical (unpaired) electrons. The molecule has 8 heteroatoms. The second-order valence-electron chi connectivity index (χ2n) is 9.37. The highest BCUT2D eigenvalue weighted by molar-refractivity contribution is 6.05. The number of hydrogen-bond donors (Lipinski definition) is 2. The van der Waals surface area contributed by atoms with Gasteiger partial charge in [-0.15, -0.1) is 0 Å². The summed E-state index contributed by atoms with van der Waals surface area (Å²) >= 11 is 0. The molecule has 200 valence electrons. The molecular formula is C32H30N6O2. The maximum atomic E-state index is 13.4. The molecule has 0 atom stereocenters. The van der Waals surface area contributed by atoms with Crippen LogP contribution in [0.5, 0.6) is 0 Å². The molecule has 5 aromatic rings. The SMILES string of the molecule is Cc1ccc(-c2nn(-c3ccccc3)cc2/C=C(/NC(=O)c2ccccc2)C(=O)NCCCn2ccnc2)cc1. The Morgan fingerprint density at radius 1 is 0.925 bits per heavy atom. The first-order valence-corrected chi connectivity index (χ1v) is 13.1. The first-order chi connectivity index (χ1) is 19.6. The van der Waals surface area contributed by atoms with Gasteiger partial charge in [0, 0.05) is 48.4 Å². The lowest BCUT2D eigenvalue weighted by molar-refractivity contribution is -0.117. The second-order valence-corrected chi connectivity index (χ2v) is 9.37. The molecule has 0 saturated carbocycles. The molecule has 0 aliphatic rings. The Morgan fingerprint density at radius 2 is 1.65 bits per heavy atom. The van der Waals surface area contributed by atoms with E-state index in [4.69, 9.17) is 5.10 Å². The van der Waals surface area contributed by atoms with Crippen LogP contribution in [0, 0.1) is 6.92 Å². The lowest BCUT2D eigenvalue weighted by Crippen LogP contribution is -2.35. The Bertz CT molecular complexity index is 1590. The van der Waals surface area contributed by atoms with Crippen molar-refractivity contribution in [3.63, 3.8) is 0 Å². The third kappa shape index (κ3) is 6.60. The highest BCUT2D eigenvalue weighted by Gasteiger charge is 2.18.